The summed E-state index contributed by atoms with van der Waals surface area (Å²) in [6, 6.07) is 19.9. The molecular formula is C18H22O2S4. The van der Waals surface area contributed by atoms with E-state index in [1.807, 2.05) is 60.7 Å². The molecule has 0 radical (unpaired) electrons. The van der Waals surface area contributed by atoms with Crippen molar-refractivity contribution < 1.29 is 8.42 Å². The van der Waals surface area contributed by atoms with E-state index in [0.717, 1.165) is 22.6 Å². The van der Waals surface area contributed by atoms with Crippen molar-refractivity contribution in [3.8, 4) is 0 Å². The molecule has 0 saturated heterocycles. The third-order valence-electron chi connectivity index (χ3n) is 3.21. The Morgan fingerprint density at radius 1 is 0.625 bits per heavy atom. The summed E-state index contributed by atoms with van der Waals surface area (Å²) in [5.74, 6) is 4.42. The van der Waals surface area contributed by atoms with Gasteiger partial charge in [-0.1, -0.05) is 82.3 Å². The Hall–Kier alpha value is -0.560. The van der Waals surface area contributed by atoms with Crippen molar-refractivity contribution in [1.82, 2.24) is 0 Å². The average Bonchev–Trinajstić information content (AvgIpc) is 2.60. The lowest BCUT2D eigenvalue weighted by Crippen LogP contribution is -2.04. The van der Waals surface area contributed by atoms with Crippen molar-refractivity contribution in [3.63, 3.8) is 0 Å². The van der Waals surface area contributed by atoms with Crippen LogP contribution in [0.2, 0.25) is 0 Å². The van der Waals surface area contributed by atoms with E-state index in [4.69, 9.17) is 0 Å². The minimum absolute atomic E-state index is 0.632. The second-order valence-corrected chi connectivity index (χ2v) is 11.0. The molecule has 0 N–H and O–H groups in total. The molecule has 0 aliphatic rings. The van der Waals surface area contributed by atoms with Crippen LogP contribution in [0.15, 0.2) is 60.7 Å². The highest BCUT2D eigenvalue weighted by Gasteiger charge is 2.04. The van der Waals surface area contributed by atoms with Crippen molar-refractivity contribution in [2.75, 3.05) is 23.0 Å². The Kier molecular flexibility index (Phi) is 9.80. The van der Waals surface area contributed by atoms with Crippen LogP contribution in [0, 0.1) is 0 Å². The second kappa shape index (κ2) is 11.9. The van der Waals surface area contributed by atoms with Crippen LogP contribution in [0.5, 0.6) is 0 Å². The number of hydrogen-bond acceptors (Lipinski definition) is 4. The van der Waals surface area contributed by atoms with E-state index in [1.165, 1.54) is 0 Å². The second-order valence-electron chi connectivity index (χ2n) is 5.19. The monoisotopic (exact) mass is 398 g/mol. The maximum absolute atomic E-state index is 12.0. The molecule has 0 bridgehead atoms. The maximum Gasteiger partial charge on any atom is 0.0485 e. The number of hydrogen-bond donors (Lipinski definition) is 0. The summed E-state index contributed by atoms with van der Waals surface area (Å²) in [7, 11) is 1.85. The third kappa shape index (κ3) is 8.51. The van der Waals surface area contributed by atoms with Crippen molar-refractivity contribution in [2.24, 2.45) is 0 Å². The summed E-state index contributed by atoms with van der Waals surface area (Å²) in [6.45, 7) is 0. The van der Waals surface area contributed by atoms with Gasteiger partial charge in [0.2, 0.25) is 0 Å². The topological polar surface area (TPSA) is 34.1 Å². The van der Waals surface area contributed by atoms with Crippen molar-refractivity contribution in [2.45, 2.75) is 11.5 Å². The minimum atomic E-state index is -0.806. The fraction of sp³-hybridized carbons (Fsp3) is 0.333. The molecule has 24 heavy (non-hydrogen) atoms. The molecule has 0 spiro atoms. The van der Waals surface area contributed by atoms with Crippen LogP contribution in [0.4, 0.5) is 0 Å². The first kappa shape index (κ1) is 19.8. The van der Waals surface area contributed by atoms with E-state index in [2.05, 4.69) is 0 Å². The highest BCUT2D eigenvalue weighted by Crippen LogP contribution is 2.21. The lowest BCUT2D eigenvalue weighted by atomic mass is 10.2. The molecule has 2 atom stereocenters. The first-order chi connectivity index (χ1) is 11.7. The van der Waals surface area contributed by atoms with Crippen LogP contribution < -0.4 is 0 Å². The zero-order valence-electron chi connectivity index (χ0n) is 13.5. The van der Waals surface area contributed by atoms with Crippen molar-refractivity contribution in [3.05, 3.63) is 71.8 Å². The van der Waals surface area contributed by atoms with E-state index < -0.39 is 21.6 Å². The Balaban J connectivity index is 1.50. The highest BCUT2D eigenvalue weighted by molar-refractivity contribution is 8.76. The smallest absolute Gasteiger partial charge is 0.0485 e. The first-order valence-corrected chi connectivity index (χ1v) is 13.2. The fourth-order valence-electron chi connectivity index (χ4n) is 2.04. The van der Waals surface area contributed by atoms with Crippen LogP contribution in [-0.2, 0) is 33.1 Å². The summed E-state index contributed by atoms with van der Waals surface area (Å²) in [6.07, 6.45) is 0. The molecule has 2 aromatic carbocycles. The molecule has 130 valence electrons. The molecular weight excluding hydrogens is 376 g/mol. The van der Waals surface area contributed by atoms with E-state index in [9.17, 15) is 8.42 Å². The van der Waals surface area contributed by atoms with Gasteiger partial charge in [0, 0.05) is 56.1 Å². The predicted molar refractivity (Wildman–Crippen MR) is 111 cm³/mol. The van der Waals surface area contributed by atoms with Crippen LogP contribution in [0.3, 0.4) is 0 Å². The molecule has 2 aromatic rings. The van der Waals surface area contributed by atoms with Gasteiger partial charge < -0.3 is 0 Å². The van der Waals surface area contributed by atoms with E-state index in [0.29, 0.717) is 23.0 Å². The van der Waals surface area contributed by atoms with Crippen molar-refractivity contribution in [1.29, 1.82) is 0 Å². The van der Waals surface area contributed by atoms with Gasteiger partial charge in [-0.2, -0.15) is 0 Å². The Morgan fingerprint density at radius 2 is 1.00 bits per heavy atom. The highest BCUT2D eigenvalue weighted by atomic mass is 33.1. The quantitative estimate of drug-likeness (QED) is 0.418. The number of benzene rings is 2. The third-order valence-corrected chi connectivity index (χ3v) is 8.77. The zero-order valence-corrected chi connectivity index (χ0v) is 16.7. The molecule has 0 fully saturated rings. The summed E-state index contributed by atoms with van der Waals surface area (Å²) < 4.78 is 24.0. The van der Waals surface area contributed by atoms with Crippen LogP contribution >= 0.6 is 21.6 Å². The fourth-order valence-corrected chi connectivity index (χ4v) is 7.65. The summed E-state index contributed by atoms with van der Waals surface area (Å²) in [5.41, 5.74) is 2.26. The standard InChI is InChI=1S/C18H22O2S4/c19-23(15-17-7-3-1-4-8-17)13-11-21-22-12-14-24(20)16-18-9-5-2-6-10-18/h1-10H,11-16H2. The molecule has 0 aromatic heterocycles. The molecule has 2 unspecified atom stereocenters. The largest absolute Gasteiger partial charge is 0.259 e. The normalized spacial score (nSPS) is 13.5. The minimum Gasteiger partial charge on any atom is -0.259 e. The average molecular weight is 399 g/mol. The van der Waals surface area contributed by atoms with Gasteiger partial charge in [-0.25, -0.2) is 0 Å². The Morgan fingerprint density at radius 3 is 1.38 bits per heavy atom. The van der Waals surface area contributed by atoms with Gasteiger partial charge in [0.1, 0.15) is 0 Å². The van der Waals surface area contributed by atoms with Gasteiger partial charge in [-0.15, -0.1) is 0 Å². The van der Waals surface area contributed by atoms with Gasteiger partial charge >= 0.3 is 0 Å². The molecule has 0 heterocycles. The summed E-state index contributed by atoms with van der Waals surface area (Å²) in [5, 5.41) is 0. The van der Waals surface area contributed by atoms with Crippen LogP contribution in [0.25, 0.3) is 0 Å². The Labute approximate surface area is 157 Å². The molecule has 0 aliphatic carbocycles. The lowest BCUT2D eigenvalue weighted by Gasteiger charge is -2.04. The number of rotatable bonds is 11. The SMILES string of the molecule is O=S(CCSSCCS(=O)Cc1ccccc1)Cc1ccccc1. The predicted octanol–water partition coefficient (Wildman–Crippen LogP) is 4.27. The summed E-state index contributed by atoms with van der Waals surface area (Å²) in [4.78, 5) is 0. The van der Waals surface area contributed by atoms with Crippen molar-refractivity contribution >= 4 is 43.2 Å². The van der Waals surface area contributed by atoms with Crippen LogP contribution in [-0.4, -0.2) is 31.4 Å². The lowest BCUT2D eigenvalue weighted by molar-refractivity contribution is 0.682. The van der Waals surface area contributed by atoms with E-state index >= 15 is 0 Å². The van der Waals surface area contributed by atoms with Gasteiger partial charge in [0.05, 0.1) is 0 Å². The Bertz CT molecular complexity index is 574. The van der Waals surface area contributed by atoms with E-state index in [-0.39, 0.29) is 0 Å². The maximum atomic E-state index is 12.0. The van der Waals surface area contributed by atoms with E-state index in [1.54, 1.807) is 21.6 Å². The van der Waals surface area contributed by atoms with Gasteiger partial charge in [-0.05, 0) is 11.1 Å². The van der Waals surface area contributed by atoms with Gasteiger partial charge in [-0.3, -0.25) is 8.42 Å². The molecule has 0 saturated carbocycles. The van der Waals surface area contributed by atoms with Gasteiger partial charge in [0.25, 0.3) is 0 Å². The molecule has 2 nitrogen and oxygen atoms in total. The molecule has 6 heteroatoms. The molecule has 0 amide bonds. The van der Waals surface area contributed by atoms with Gasteiger partial charge in [0.15, 0.2) is 0 Å². The summed E-state index contributed by atoms with van der Waals surface area (Å²) >= 11 is 0. The first-order valence-electron chi connectivity index (χ1n) is 7.76. The molecule has 2 rings (SSSR count). The zero-order chi connectivity index (χ0) is 17.0. The van der Waals surface area contributed by atoms with Crippen LogP contribution in [0.1, 0.15) is 11.1 Å². The molecule has 0 aliphatic heterocycles.